The molecular formula is C10H5ClN2O. The second-order valence-electron chi connectivity index (χ2n) is 2.71. The minimum atomic E-state index is 0.356. The standard InChI is InChI=1S/C10H5ClN2O/c11-8-2-3-9-7(5-8)1-4-10(13-9)12-6-14/h1-5H. The summed E-state index contributed by atoms with van der Waals surface area (Å²) in [6, 6.07) is 8.78. The molecule has 0 aliphatic carbocycles. The third-order valence-corrected chi connectivity index (χ3v) is 2.03. The number of benzene rings is 1. The van der Waals surface area contributed by atoms with Gasteiger partial charge in [-0.2, -0.15) is 0 Å². The largest absolute Gasteiger partial charge is 0.242 e. The number of isocyanates is 1. The molecule has 68 valence electrons. The molecule has 0 saturated carbocycles. The zero-order valence-corrected chi connectivity index (χ0v) is 7.82. The number of aliphatic imine (C=N–C) groups is 1. The zero-order chi connectivity index (χ0) is 9.97. The van der Waals surface area contributed by atoms with Crippen molar-refractivity contribution in [2.24, 2.45) is 4.99 Å². The minimum Gasteiger partial charge on any atom is -0.228 e. The molecule has 0 amide bonds. The van der Waals surface area contributed by atoms with Crippen LogP contribution in [0.3, 0.4) is 0 Å². The van der Waals surface area contributed by atoms with E-state index in [0.29, 0.717) is 10.8 Å². The summed E-state index contributed by atoms with van der Waals surface area (Å²) in [7, 11) is 0. The first kappa shape index (κ1) is 8.88. The van der Waals surface area contributed by atoms with Gasteiger partial charge in [-0.3, -0.25) is 0 Å². The Morgan fingerprint density at radius 2 is 2.14 bits per heavy atom. The highest BCUT2D eigenvalue weighted by atomic mass is 35.5. The zero-order valence-electron chi connectivity index (χ0n) is 7.07. The van der Waals surface area contributed by atoms with Crippen LogP contribution in [0.5, 0.6) is 0 Å². The number of fused-ring (bicyclic) bond motifs is 1. The maximum atomic E-state index is 10.0. The van der Waals surface area contributed by atoms with Crippen LogP contribution in [0.2, 0.25) is 5.02 Å². The molecule has 0 N–H and O–H groups in total. The Hall–Kier alpha value is -1.70. The lowest BCUT2D eigenvalue weighted by Crippen LogP contribution is -1.78. The van der Waals surface area contributed by atoms with Crippen LogP contribution in [-0.2, 0) is 4.79 Å². The number of rotatable bonds is 1. The van der Waals surface area contributed by atoms with Crippen LogP contribution in [0.25, 0.3) is 10.9 Å². The fraction of sp³-hybridized carbons (Fsp3) is 0. The van der Waals surface area contributed by atoms with Crippen LogP contribution in [0, 0.1) is 0 Å². The van der Waals surface area contributed by atoms with Crippen molar-refractivity contribution in [1.29, 1.82) is 0 Å². The third kappa shape index (κ3) is 1.64. The molecule has 3 nitrogen and oxygen atoms in total. The fourth-order valence-corrected chi connectivity index (χ4v) is 1.38. The molecule has 0 atom stereocenters. The molecule has 0 spiro atoms. The van der Waals surface area contributed by atoms with Crippen LogP contribution >= 0.6 is 11.6 Å². The molecule has 14 heavy (non-hydrogen) atoms. The topological polar surface area (TPSA) is 42.3 Å². The Morgan fingerprint density at radius 3 is 2.93 bits per heavy atom. The Labute approximate surface area is 85.1 Å². The van der Waals surface area contributed by atoms with Gasteiger partial charge in [0.05, 0.1) is 5.52 Å². The first-order valence-electron chi connectivity index (χ1n) is 3.94. The van der Waals surface area contributed by atoms with Gasteiger partial charge >= 0.3 is 0 Å². The van der Waals surface area contributed by atoms with Gasteiger partial charge in [0.15, 0.2) is 5.82 Å². The van der Waals surface area contributed by atoms with Crippen molar-refractivity contribution in [3.63, 3.8) is 0 Å². The molecular weight excluding hydrogens is 200 g/mol. The number of nitrogens with zero attached hydrogens (tertiary/aromatic N) is 2. The quantitative estimate of drug-likeness (QED) is 0.530. The summed E-state index contributed by atoms with van der Waals surface area (Å²) in [6.45, 7) is 0. The van der Waals surface area contributed by atoms with E-state index < -0.39 is 0 Å². The molecule has 1 heterocycles. The second kappa shape index (κ2) is 3.58. The fourth-order valence-electron chi connectivity index (χ4n) is 1.19. The van der Waals surface area contributed by atoms with Crippen molar-refractivity contribution in [3.05, 3.63) is 35.4 Å². The van der Waals surface area contributed by atoms with Gasteiger partial charge in [-0.05, 0) is 30.3 Å². The smallest absolute Gasteiger partial charge is 0.228 e. The van der Waals surface area contributed by atoms with Crippen molar-refractivity contribution in [2.75, 3.05) is 0 Å². The third-order valence-electron chi connectivity index (χ3n) is 1.80. The number of hydrogen-bond acceptors (Lipinski definition) is 3. The lowest BCUT2D eigenvalue weighted by Gasteiger charge is -1.97. The van der Waals surface area contributed by atoms with E-state index in [0.717, 1.165) is 10.9 Å². The van der Waals surface area contributed by atoms with Gasteiger partial charge in [0.2, 0.25) is 6.08 Å². The summed E-state index contributed by atoms with van der Waals surface area (Å²) in [5, 5.41) is 1.58. The van der Waals surface area contributed by atoms with Crippen molar-refractivity contribution in [2.45, 2.75) is 0 Å². The summed E-state index contributed by atoms with van der Waals surface area (Å²) in [4.78, 5) is 17.6. The van der Waals surface area contributed by atoms with Crippen molar-refractivity contribution < 1.29 is 4.79 Å². The van der Waals surface area contributed by atoms with Crippen molar-refractivity contribution in [3.8, 4) is 0 Å². The molecule has 1 aromatic heterocycles. The van der Waals surface area contributed by atoms with Gasteiger partial charge in [0, 0.05) is 10.4 Å². The summed E-state index contributed by atoms with van der Waals surface area (Å²) in [5.41, 5.74) is 0.755. The summed E-state index contributed by atoms with van der Waals surface area (Å²) >= 11 is 5.81. The molecule has 0 saturated heterocycles. The SMILES string of the molecule is O=C=Nc1ccc2cc(Cl)ccc2n1. The number of halogens is 1. The molecule has 1 aromatic carbocycles. The summed E-state index contributed by atoms with van der Waals surface area (Å²) < 4.78 is 0. The van der Waals surface area contributed by atoms with Crippen LogP contribution < -0.4 is 0 Å². The van der Waals surface area contributed by atoms with Gasteiger partial charge < -0.3 is 0 Å². The average Bonchev–Trinajstić information content (AvgIpc) is 2.19. The van der Waals surface area contributed by atoms with E-state index in [-0.39, 0.29) is 0 Å². The maximum absolute atomic E-state index is 10.0. The lowest BCUT2D eigenvalue weighted by molar-refractivity contribution is 0.565. The molecule has 0 radical (unpaired) electrons. The number of carbonyl (C=O) groups excluding carboxylic acids is 1. The Morgan fingerprint density at radius 1 is 1.29 bits per heavy atom. The van der Waals surface area contributed by atoms with E-state index in [1.807, 2.05) is 6.07 Å². The van der Waals surface area contributed by atoms with E-state index in [9.17, 15) is 4.79 Å². The molecule has 0 unspecified atom stereocenters. The normalized spacial score (nSPS) is 9.79. The van der Waals surface area contributed by atoms with Crippen LogP contribution in [0.4, 0.5) is 5.82 Å². The number of pyridine rings is 1. The Bertz CT molecular complexity index is 533. The first-order chi connectivity index (χ1) is 6.79. The molecule has 0 fully saturated rings. The van der Waals surface area contributed by atoms with Gasteiger partial charge in [0.25, 0.3) is 0 Å². The molecule has 4 heteroatoms. The molecule has 0 aliphatic heterocycles. The van der Waals surface area contributed by atoms with E-state index >= 15 is 0 Å². The molecule has 0 bridgehead atoms. The Balaban J connectivity index is 2.67. The van der Waals surface area contributed by atoms with Gasteiger partial charge in [-0.15, -0.1) is 4.99 Å². The second-order valence-corrected chi connectivity index (χ2v) is 3.15. The predicted octanol–water partition coefficient (Wildman–Crippen LogP) is 2.86. The number of aromatic nitrogens is 1. The van der Waals surface area contributed by atoms with Crippen LogP contribution in [0.1, 0.15) is 0 Å². The molecule has 2 aromatic rings. The highest BCUT2D eigenvalue weighted by Gasteiger charge is 1.97. The van der Waals surface area contributed by atoms with Gasteiger partial charge in [0.1, 0.15) is 0 Å². The monoisotopic (exact) mass is 204 g/mol. The van der Waals surface area contributed by atoms with Crippen molar-refractivity contribution >= 4 is 34.4 Å². The molecule has 2 rings (SSSR count). The predicted molar refractivity (Wildman–Crippen MR) is 54.5 cm³/mol. The lowest BCUT2D eigenvalue weighted by atomic mass is 10.2. The average molecular weight is 205 g/mol. The van der Waals surface area contributed by atoms with E-state index in [1.54, 1.807) is 24.3 Å². The first-order valence-corrected chi connectivity index (χ1v) is 4.31. The van der Waals surface area contributed by atoms with Crippen molar-refractivity contribution in [1.82, 2.24) is 4.98 Å². The Kier molecular flexibility index (Phi) is 2.27. The van der Waals surface area contributed by atoms with E-state index in [2.05, 4.69) is 9.98 Å². The maximum Gasteiger partial charge on any atom is 0.242 e. The highest BCUT2D eigenvalue weighted by molar-refractivity contribution is 6.31. The minimum absolute atomic E-state index is 0.356. The van der Waals surface area contributed by atoms with Crippen LogP contribution in [-0.4, -0.2) is 11.1 Å². The van der Waals surface area contributed by atoms with Crippen LogP contribution in [0.15, 0.2) is 35.3 Å². The number of hydrogen-bond donors (Lipinski definition) is 0. The highest BCUT2D eigenvalue weighted by Crippen LogP contribution is 2.20. The van der Waals surface area contributed by atoms with Gasteiger partial charge in [-0.1, -0.05) is 11.6 Å². The molecule has 0 aliphatic rings. The summed E-state index contributed by atoms with van der Waals surface area (Å²) in [6.07, 6.45) is 1.45. The van der Waals surface area contributed by atoms with Gasteiger partial charge in [-0.25, -0.2) is 9.78 Å². The summed E-state index contributed by atoms with van der Waals surface area (Å²) in [5.74, 6) is 0.356. The van der Waals surface area contributed by atoms with E-state index in [1.165, 1.54) is 6.08 Å². The van der Waals surface area contributed by atoms with E-state index in [4.69, 9.17) is 11.6 Å².